The first-order valence-corrected chi connectivity index (χ1v) is 12.0. The van der Waals surface area contributed by atoms with Gasteiger partial charge in [-0.05, 0) is 24.3 Å². The first-order valence-electron chi connectivity index (χ1n) is 5.76. The number of hydrogen-bond donors (Lipinski definition) is 0. The first-order chi connectivity index (χ1) is 8.74. The van der Waals surface area contributed by atoms with Crippen molar-refractivity contribution in [3.63, 3.8) is 0 Å². The van der Waals surface area contributed by atoms with Gasteiger partial charge in [-0.2, -0.15) is 5.11 Å². The molecule has 0 aliphatic carbocycles. The van der Waals surface area contributed by atoms with Gasteiger partial charge in [-0.25, -0.2) is 0 Å². The fourth-order valence-electron chi connectivity index (χ4n) is 0.884. The third-order valence-electron chi connectivity index (χ3n) is 1.54. The Hall–Kier alpha value is 0.145. The Bertz CT molecular complexity index is 278. The molecule has 2 radical (unpaired) electrons. The SMILES string of the molecule is C.CC.CC.II.[B]N=Nc1ccc(N(C)C)cc1. The highest BCUT2D eigenvalue weighted by Crippen LogP contribution is 2.17. The molecule has 0 heterocycles. The summed E-state index contributed by atoms with van der Waals surface area (Å²) in [6.45, 7) is 8.00. The lowest BCUT2D eigenvalue weighted by Gasteiger charge is -2.11. The van der Waals surface area contributed by atoms with Crippen LogP contribution >= 0.6 is 37.2 Å². The minimum atomic E-state index is 0. The van der Waals surface area contributed by atoms with Crippen LogP contribution in [0.15, 0.2) is 34.4 Å². The molecule has 0 aliphatic rings. The highest BCUT2D eigenvalue weighted by Gasteiger charge is 1.93. The second kappa shape index (κ2) is 23.3. The molecule has 0 N–H and O–H groups in total. The molecular weight excluding hydrogens is 463 g/mol. The van der Waals surface area contributed by atoms with Crippen LogP contribution in [0, 0.1) is 0 Å². The highest BCUT2D eigenvalue weighted by atomic mass is 128. The lowest BCUT2D eigenvalue weighted by Crippen LogP contribution is -2.07. The molecular formula is C13H26BI2N3. The van der Waals surface area contributed by atoms with Crippen molar-refractivity contribution < 1.29 is 0 Å². The summed E-state index contributed by atoms with van der Waals surface area (Å²) in [5.41, 5.74) is 1.90. The molecule has 0 spiro atoms. The van der Waals surface area contributed by atoms with Gasteiger partial charge in [-0.3, -0.25) is 5.03 Å². The maximum Gasteiger partial charge on any atom is 0.293 e. The van der Waals surface area contributed by atoms with E-state index >= 15 is 0 Å². The molecule has 3 nitrogen and oxygen atoms in total. The molecule has 0 aliphatic heterocycles. The number of hydrogen-bond acceptors (Lipinski definition) is 3. The van der Waals surface area contributed by atoms with Gasteiger partial charge in [0.15, 0.2) is 0 Å². The monoisotopic (exact) mass is 489 g/mol. The van der Waals surface area contributed by atoms with Crippen molar-refractivity contribution >= 4 is 56.6 Å². The Morgan fingerprint density at radius 2 is 1.32 bits per heavy atom. The fraction of sp³-hybridized carbons (Fsp3) is 0.538. The van der Waals surface area contributed by atoms with Gasteiger partial charge in [0.05, 0.1) is 5.69 Å². The second-order valence-electron chi connectivity index (χ2n) is 2.63. The molecule has 0 saturated heterocycles. The summed E-state index contributed by atoms with van der Waals surface area (Å²) in [6.07, 6.45) is 0. The summed E-state index contributed by atoms with van der Waals surface area (Å²) in [5, 5.41) is 6.88. The summed E-state index contributed by atoms with van der Waals surface area (Å²) in [4.78, 5) is 2.02. The fourth-order valence-corrected chi connectivity index (χ4v) is 0.884. The van der Waals surface area contributed by atoms with Gasteiger partial charge < -0.3 is 4.90 Å². The van der Waals surface area contributed by atoms with E-state index in [0.29, 0.717) is 0 Å². The van der Waals surface area contributed by atoms with E-state index in [1.807, 2.05) is 71.0 Å². The average molecular weight is 489 g/mol. The van der Waals surface area contributed by atoms with Crippen LogP contribution in [0.25, 0.3) is 0 Å². The minimum Gasteiger partial charge on any atom is -0.378 e. The lowest BCUT2D eigenvalue weighted by atomic mass is 10.3. The molecule has 0 amide bonds. The highest BCUT2D eigenvalue weighted by molar-refractivity contribution is 15.0. The normalized spacial score (nSPS) is 7.58. The summed E-state index contributed by atoms with van der Waals surface area (Å²) >= 11 is 4.24. The zero-order valence-electron chi connectivity index (χ0n) is 12.0. The van der Waals surface area contributed by atoms with Crippen LogP contribution in [-0.4, -0.2) is 22.1 Å². The molecule has 1 aromatic rings. The van der Waals surface area contributed by atoms with Crippen molar-refractivity contribution in [3.8, 4) is 0 Å². The third kappa shape index (κ3) is 16.1. The third-order valence-corrected chi connectivity index (χ3v) is 1.54. The summed E-state index contributed by atoms with van der Waals surface area (Å²) in [5.74, 6) is 0. The van der Waals surface area contributed by atoms with Gasteiger partial charge in [0.25, 0.3) is 7.98 Å². The molecule has 0 saturated carbocycles. The summed E-state index contributed by atoms with van der Waals surface area (Å²) in [7, 11) is 8.88. The van der Waals surface area contributed by atoms with Crippen molar-refractivity contribution in [2.45, 2.75) is 35.1 Å². The van der Waals surface area contributed by atoms with Crippen LogP contribution < -0.4 is 4.90 Å². The lowest BCUT2D eigenvalue weighted by molar-refractivity contribution is 1.13. The molecule has 0 unspecified atom stereocenters. The van der Waals surface area contributed by atoms with E-state index in [1.54, 1.807) is 0 Å². The van der Waals surface area contributed by atoms with Crippen molar-refractivity contribution in [3.05, 3.63) is 24.3 Å². The van der Waals surface area contributed by atoms with Gasteiger partial charge in [0.1, 0.15) is 0 Å². The van der Waals surface area contributed by atoms with E-state index in [4.69, 9.17) is 7.98 Å². The Kier molecular flexibility index (Phi) is 33.6. The van der Waals surface area contributed by atoms with Gasteiger partial charge in [-0.15, -0.1) is 0 Å². The van der Waals surface area contributed by atoms with Gasteiger partial charge in [-0.1, -0.05) is 35.1 Å². The topological polar surface area (TPSA) is 28.0 Å². The van der Waals surface area contributed by atoms with E-state index in [-0.39, 0.29) is 7.43 Å². The summed E-state index contributed by atoms with van der Waals surface area (Å²) in [6, 6.07) is 7.66. The van der Waals surface area contributed by atoms with Crippen molar-refractivity contribution in [1.29, 1.82) is 0 Å². The maximum atomic E-state index is 4.91. The van der Waals surface area contributed by atoms with Crippen LogP contribution in [0.5, 0.6) is 0 Å². The van der Waals surface area contributed by atoms with E-state index < -0.39 is 0 Å². The molecule has 0 bridgehead atoms. The molecule has 0 aromatic heterocycles. The van der Waals surface area contributed by atoms with E-state index in [9.17, 15) is 0 Å². The number of nitrogens with zero attached hydrogens (tertiary/aromatic N) is 3. The molecule has 0 atom stereocenters. The van der Waals surface area contributed by atoms with Crippen LogP contribution in [0.2, 0.25) is 0 Å². The minimum absolute atomic E-state index is 0. The van der Waals surface area contributed by atoms with Gasteiger partial charge in [0, 0.05) is 57.0 Å². The molecule has 1 rings (SSSR count). The Balaban J connectivity index is -0.000000142. The Labute approximate surface area is 144 Å². The zero-order chi connectivity index (χ0) is 15.0. The van der Waals surface area contributed by atoms with E-state index in [0.717, 1.165) is 11.4 Å². The van der Waals surface area contributed by atoms with E-state index in [2.05, 4.69) is 47.4 Å². The number of anilines is 1. The first kappa shape index (κ1) is 27.5. The Morgan fingerprint density at radius 1 is 0.947 bits per heavy atom. The van der Waals surface area contributed by atoms with Gasteiger partial charge >= 0.3 is 0 Å². The molecule has 19 heavy (non-hydrogen) atoms. The standard InChI is InChI=1S/C8H10BN3.2C2H6.CH4.I2/c1-12(2)8-5-3-7(4-6-8)10-11-9;2*1-2;;1-2/h3-6H,1-2H3;2*1-2H3;1H4;. The predicted octanol–water partition coefficient (Wildman–Crippen LogP) is 6.38. The maximum absolute atomic E-state index is 4.91. The van der Waals surface area contributed by atoms with Crippen LogP contribution in [-0.2, 0) is 0 Å². The second-order valence-corrected chi connectivity index (χ2v) is 2.63. The van der Waals surface area contributed by atoms with Gasteiger partial charge in [0.2, 0.25) is 0 Å². The average Bonchev–Trinajstić information content (AvgIpc) is 2.46. The van der Waals surface area contributed by atoms with Crippen molar-refractivity contribution in [2.75, 3.05) is 19.0 Å². The molecule has 110 valence electrons. The quantitative estimate of drug-likeness (QED) is 0.270. The Morgan fingerprint density at radius 3 is 1.58 bits per heavy atom. The van der Waals surface area contributed by atoms with Crippen molar-refractivity contribution in [2.24, 2.45) is 10.1 Å². The molecule has 6 heteroatoms. The number of benzene rings is 1. The predicted molar refractivity (Wildman–Crippen MR) is 109 cm³/mol. The van der Waals surface area contributed by atoms with Crippen LogP contribution in [0.3, 0.4) is 0 Å². The van der Waals surface area contributed by atoms with Crippen LogP contribution in [0.1, 0.15) is 35.1 Å². The largest absolute Gasteiger partial charge is 0.378 e. The number of rotatable bonds is 2. The van der Waals surface area contributed by atoms with Crippen molar-refractivity contribution in [1.82, 2.24) is 0 Å². The zero-order valence-corrected chi connectivity index (χ0v) is 16.3. The summed E-state index contributed by atoms with van der Waals surface area (Å²) < 4.78 is 0. The molecule has 1 aromatic carbocycles. The van der Waals surface area contributed by atoms with Crippen LogP contribution in [0.4, 0.5) is 11.4 Å². The smallest absolute Gasteiger partial charge is 0.293 e. The number of halogens is 2. The molecule has 0 fully saturated rings. The van der Waals surface area contributed by atoms with E-state index in [1.165, 1.54) is 0 Å².